The summed E-state index contributed by atoms with van der Waals surface area (Å²) in [5, 5.41) is 0. The molecule has 0 aliphatic carbocycles. The van der Waals surface area contributed by atoms with Gasteiger partial charge in [-0.1, -0.05) is 0 Å². The zero-order valence-electron chi connectivity index (χ0n) is 11.4. The van der Waals surface area contributed by atoms with Crippen LogP contribution in [-0.4, -0.2) is 64.4 Å². The van der Waals surface area contributed by atoms with E-state index in [2.05, 4.69) is 0 Å². The standard InChI is InChI=1S/C12H22O6/c1-5-16-6-10-12(18-8(2)13)11(15-4)9(14-3)7-17-10/h9-12H,5-7H2,1-4H3/t9-,10+,11+,12+/m0/s1. The molecule has 0 amide bonds. The number of hydrogen-bond acceptors (Lipinski definition) is 6. The monoisotopic (exact) mass is 262 g/mol. The van der Waals surface area contributed by atoms with Crippen molar-refractivity contribution < 1.29 is 28.5 Å². The summed E-state index contributed by atoms with van der Waals surface area (Å²) in [6.07, 6.45) is -1.45. The van der Waals surface area contributed by atoms with Crippen LogP contribution in [0.25, 0.3) is 0 Å². The van der Waals surface area contributed by atoms with E-state index in [9.17, 15) is 4.79 Å². The molecule has 0 aromatic carbocycles. The van der Waals surface area contributed by atoms with E-state index in [0.717, 1.165) is 0 Å². The first-order valence-electron chi connectivity index (χ1n) is 6.06. The summed E-state index contributed by atoms with van der Waals surface area (Å²) in [5.74, 6) is -0.371. The summed E-state index contributed by atoms with van der Waals surface area (Å²) >= 11 is 0. The predicted molar refractivity (Wildman–Crippen MR) is 63.4 cm³/mol. The summed E-state index contributed by atoms with van der Waals surface area (Å²) in [6, 6.07) is 0. The number of methoxy groups -OCH3 is 2. The molecule has 1 rings (SSSR count). The van der Waals surface area contributed by atoms with Gasteiger partial charge in [-0.05, 0) is 6.92 Å². The molecule has 1 saturated heterocycles. The smallest absolute Gasteiger partial charge is 0.303 e. The van der Waals surface area contributed by atoms with Gasteiger partial charge in [-0.3, -0.25) is 4.79 Å². The van der Waals surface area contributed by atoms with Crippen LogP contribution in [0.2, 0.25) is 0 Å². The first-order chi connectivity index (χ1) is 8.63. The van der Waals surface area contributed by atoms with Gasteiger partial charge in [-0.25, -0.2) is 0 Å². The molecule has 0 spiro atoms. The zero-order chi connectivity index (χ0) is 13.5. The predicted octanol–water partition coefficient (Wildman–Crippen LogP) is 0.383. The van der Waals surface area contributed by atoms with Gasteiger partial charge in [0.15, 0.2) is 6.10 Å². The fraction of sp³-hybridized carbons (Fsp3) is 0.917. The highest BCUT2D eigenvalue weighted by Gasteiger charge is 2.43. The summed E-state index contributed by atoms with van der Waals surface area (Å²) in [6.45, 7) is 4.60. The lowest BCUT2D eigenvalue weighted by molar-refractivity contribution is -0.225. The largest absolute Gasteiger partial charge is 0.457 e. The van der Waals surface area contributed by atoms with E-state index in [4.69, 9.17) is 23.7 Å². The van der Waals surface area contributed by atoms with E-state index >= 15 is 0 Å². The number of carbonyl (C=O) groups is 1. The molecule has 0 aromatic heterocycles. The van der Waals surface area contributed by atoms with Crippen LogP contribution in [0, 0.1) is 0 Å². The number of hydrogen-bond donors (Lipinski definition) is 0. The van der Waals surface area contributed by atoms with Crippen LogP contribution < -0.4 is 0 Å². The average molecular weight is 262 g/mol. The van der Waals surface area contributed by atoms with Gasteiger partial charge < -0.3 is 23.7 Å². The van der Waals surface area contributed by atoms with Gasteiger partial charge in [0.05, 0.1) is 13.2 Å². The maximum absolute atomic E-state index is 11.2. The molecule has 0 saturated carbocycles. The Morgan fingerprint density at radius 1 is 1.28 bits per heavy atom. The quantitative estimate of drug-likeness (QED) is 0.645. The van der Waals surface area contributed by atoms with Crippen LogP contribution in [-0.2, 0) is 28.5 Å². The van der Waals surface area contributed by atoms with E-state index in [1.165, 1.54) is 6.92 Å². The van der Waals surface area contributed by atoms with Crippen LogP contribution in [0.4, 0.5) is 0 Å². The van der Waals surface area contributed by atoms with E-state index in [1.54, 1.807) is 14.2 Å². The fourth-order valence-electron chi connectivity index (χ4n) is 2.03. The number of rotatable bonds is 6. The first-order valence-corrected chi connectivity index (χ1v) is 6.06. The minimum absolute atomic E-state index is 0.253. The van der Waals surface area contributed by atoms with Gasteiger partial charge >= 0.3 is 5.97 Å². The summed E-state index contributed by atoms with van der Waals surface area (Å²) < 4.78 is 26.9. The molecule has 18 heavy (non-hydrogen) atoms. The lowest BCUT2D eigenvalue weighted by Crippen LogP contribution is -2.57. The van der Waals surface area contributed by atoms with Gasteiger partial charge in [0.2, 0.25) is 0 Å². The summed E-state index contributed by atoms with van der Waals surface area (Å²) in [4.78, 5) is 11.2. The van der Waals surface area contributed by atoms with Crippen LogP contribution in [0.5, 0.6) is 0 Å². The minimum atomic E-state index is -0.516. The van der Waals surface area contributed by atoms with E-state index in [-0.39, 0.29) is 24.3 Å². The molecule has 1 heterocycles. The van der Waals surface area contributed by atoms with E-state index < -0.39 is 6.10 Å². The van der Waals surface area contributed by atoms with Crippen molar-refractivity contribution in [3.8, 4) is 0 Å². The van der Waals surface area contributed by atoms with Crippen molar-refractivity contribution in [1.29, 1.82) is 0 Å². The molecule has 0 aromatic rings. The molecule has 4 atom stereocenters. The number of carbonyl (C=O) groups excluding carboxylic acids is 1. The van der Waals surface area contributed by atoms with Crippen molar-refractivity contribution in [2.75, 3.05) is 34.0 Å². The highest BCUT2D eigenvalue weighted by atomic mass is 16.6. The molecule has 0 N–H and O–H groups in total. The second-order valence-electron chi connectivity index (χ2n) is 4.08. The van der Waals surface area contributed by atoms with Gasteiger partial charge in [-0.15, -0.1) is 0 Å². The topological polar surface area (TPSA) is 63.2 Å². The summed E-state index contributed by atoms with van der Waals surface area (Å²) in [5.41, 5.74) is 0. The lowest BCUT2D eigenvalue weighted by Gasteiger charge is -2.40. The van der Waals surface area contributed by atoms with Crippen molar-refractivity contribution in [2.45, 2.75) is 38.3 Å². The Bertz CT molecular complexity index is 257. The lowest BCUT2D eigenvalue weighted by atomic mass is 10.00. The Balaban J connectivity index is 2.74. The van der Waals surface area contributed by atoms with Crippen molar-refractivity contribution in [3.05, 3.63) is 0 Å². The highest BCUT2D eigenvalue weighted by Crippen LogP contribution is 2.23. The molecular formula is C12H22O6. The van der Waals surface area contributed by atoms with Gasteiger partial charge in [-0.2, -0.15) is 0 Å². The molecule has 0 radical (unpaired) electrons. The molecule has 1 aliphatic rings. The fourth-order valence-corrected chi connectivity index (χ4v) is 2.03. The third-order valence-corrected chi connectivity index (χ3v) is 2.89. The normalized spacial score (nSPS) is 32.2. The Hall–Kier alpha value is -0.690. The zero-order valence-corrected chi connectivity index (χ0v) is 11.4. The minimum Gasteiger partial charge on any atom is -0.457 e. The molecule has 106 valence electrons. The van der Waals surface area contributed by atoms with Gasteiger partial charge in [0.25, 0.3) is 0 Å². The van der Waals surface area contributed by atoms with E-state index in [1.807, 2.05) is 6.92 Å². The van der Waals surface area contributed by atoms with E-state index in [0.29, 0.717) is 19.8 Å². The van der Waals surface area contributed by atoms with Crippen LogP contribution in [0.3, 0.4) is 0 Å². The van der Waals surface area contributed by atoms with Crippen molar-refractivity contribution >= 4 is 5.97 Å². The van der Waals surface area contributed by atoms with Crippen LogP contribution >= 0.6 is 0 Å². The molecule has 6 heteroatoms. The molecular weight excluding hydrogens is 240 g/mol. The Labute approximate surface area is 107 Å². The molecule has 1 aliphatic heterocycles. The van der Waals surface area contributed by atoms with Gasteiger partial charge in [0.1, 0.15) is 18.3 Å². The second-order valence-corrected chi connectivity index (χ2v) is 4.08. The van der Waals surface area contributed by atoms with Crippen LogP contribution in [0.15, 0.2) is 0 Å². The SMILES string of the molecule is CCOC[C@H]1OC[C@H](OC)[C@@H](OC)[C@@H]1OC(C)=O. The molecule has 1 fully saturated rings. The first kappa shape index (κ1) is 15.4. The second kappa shape index (κ2) is 7.68. The third kappa shape index (κ3) is 3.91. The Morgan fingerprint density at radius 2 is 2.00 bits per heavy atom. The van der Waals surface area contributed by atoms with Crippen molar-refractivity contribution in [3.63, 3.8) is 0 Å². The number of ether oxygens (including phenoxy) is 5. The van der Waals surface area contributed by atoms with Gasteiger partial charge in [0, 0.05) is 27.8 Å². The Kier molecular flexibility index (Phi) is 6.56. The number of esters is 1. The highest BCUT2D eigenvalue weighted by molar-refractivity contribution is 5.66. The molecule has 0 bridgehead atoms. The summed E-state index contributed by atoms with van der Waals surface area (Å²) in [7, 11) is 3.14. The Morgan fingerprint density at radius 3 is 2.50 bits per heavy atom. The maximum atomic E-state index is 11.2. The molecule has 6 nitrogen and oxygen atoms in total. The van der Waals surface area contributed by atoms with Crippen LogP contribution in [0.1, 0.15) is 13.8 Å². The maximum Gasteiger partial charge on any atom is 0.303 e. The average Bonchev–Trinajstić information content (AvgIpc) is 2.36. The van der Waals surface area contributed by atoms with Crippen molar-refractivity contribution in [1.82, 2.24) is 0 Å². The van der Waals surface area contributed by atoms with Crippen molar-refractivity contribution in [2.24, 2.45) is 0 Å². The molecule has 0 unspecified atom stereocenters. The third-order valence-electron chi connectivity index (χ3n) is 2.89.